The number of hydrogen-bond acceptors (Lipinski definition) is 3. The molecule has 0 radical (unpaired) electrons. The Hall–Kier alpha value is -0.730. The number of ether oxygens (including phenoxy) is 2. The molecular weight excluding hydrogens is 120 g/mol. The Balaban J connectivity index is 2.09. The van der Waals surface area contributed by atoms with E-state index in [2.05, 4.69) is 0 Å². The minimum atomic E-state index is -0.482. The second kappa shape index (κ2) is 1.62. The summed E-state index contributed by atoms with van der Waals surface area (Å²) < 4.78 is 9.65. The highest BCUT2D eigenvalue weighted by atomic mass is 16.8. The van der Waals surface area contributed by atoms with Crippen LogP contribution in [0.1, 0.15) is 19.3 Å². The van der Waals surface area contributed by atoms with Crippen LogP contribution in [0.15, 0.2) is 0 Å². The van der Waals surface area contributed by atoms with E-state index < -0.39 is 6.16 Å². The molecule has 1 saturated carbocycles. The van der Waals surface area contributed by atoms with E-state index in [-0.39, 0.29) is 12.2 Å². The molecule has 1 aliphatic carbocycles. The fourth-order valence-electron chi connectivity index (χ4n) is 1.44. The lowest BCUT2D eigenvalue weighted by Crippen LogP contribution is -2.13. The van der Waals surface area contributed by atoms with Gasteiger partial charge in [0, 0.05) is 0 Å². The summed E-state index contributed by atoms with van der Waals surface area (Å²) in [6.07, 6.45) is 2.77. The van der Waals surface area contributed by atoms with Gasteiger partial charge in [0.2, 0.25) is 0 Å². The highest BCUT2D eigenvalue weighted by Crippen LogP contribution is 2.30. The molecule has 9 heavy (non-hydrogen) atoms. The van der Waals surface area contributed by atoms with Gasteiger partial charge in [0.05, 0.1) is 0 Å². The van der Waals surface area contributed by atoms with Crippen molar-refractivity contribution < 1.29 is 14.3 Å². The average Bonchev–Trinajstić information content (AvgIpc) is 2.22. The molecule has 3 nitrogen and oxygen atoms in total. The van der Waals surface area contributed by atoms with Crippen molar-refractivity contribution in [2.75, 3.05) is 0 Å². The van der Waals surface area contributed by atoms with E-state index in [1.807, 2.05) is 0 Å². The molecule has 0 spiro atoms. The molecule has 0 aromatic heterocycles. The smallest absolute Gasteiger partial charge is 0.427 e. The van der Waals surface area contributed by atoms with Crippen LogP contribution in [0, 0.1) is 0 Å². The fraction of sp³-hybridized carbons (Fsp3) is 0.833. The van der Waals surface area contributed by atoms with Gasteiger partial charge in [0.15, 0.2) is 0 Å². The zero-order chi connectivity index (χ0) is 6.27. The highest BCUT2D eigenvalue weighted by Gasteiger charge is 2.39. The highest BCUT2D eigenvalue weighted by molar-refractivity contribution is 5.62. The molecule has 0 bridgehead atoms. The first-order chi connectivity index (χ1) is 4.36. The molecule has 2 unspecified atom stereocenters. The SMILES string of the molecule is O=C1OC2CCCC2O1. The Labute approximate surface area is 52.9 Å². The Kier molecular flexibility index (Phi) is 0.917. The van der Waals surface area contributed by atoms with Crippen LogP contribution in [0.25, 0.3) is 0 Å². The summed E-state index contributed by atoms with van der Waals surface area (Å²) in [5.74, 6) is 0. The summed E-state index contributed by atoms with van der Waals surface area (Å²) in [5.41, 5.74) is 0. The Morgan fingerprint density at radius 1 is 1.22 bits per heavy atom. The lowest BCUT2D eigenvalue weighted by atomic mass is 10.3. The van der Waals surface area contributed by atoms with Crippen LogP contribution in [-0.4, -0.2) is 18.4 Å². The van der Waals surface area contributed by atoms with Gasteiger partial charge in [-0.1, -0.05) is 0 Å². The first-order valence-corrected chi connectivity index (χ1v) is 3.23. The van der Waals surface area contributed by atoms with Gasteiger partial charge in [-0.3, -0.25) is 0 Å². The van der Waals surface area contributed by atoms with E-state index >= 15 is 0 Å². The summed E-state index contributed by atoms with van der Waals surface area (Å²) in [6, 6.07) is 0. The van der Waals surface area contributed by atoms with E-state index in [0.717, 1.165) is 19.3 Å². The van der Waals surface area contributed by atoms with Gasteiger partial charge < -0.3 is 9.47 Å². The van der Waals surface area contributed by atoms with Crippen LogP contribution in [0.2, 0.25) is 0 Å². The van der Waals surface area contributed by atoms with E-state index in [4.69, 9.17) is 9.47 Å². The van der Waals surface area contributed by atoms with Gasteiger partial charge in [0.25, 0.3) is 0 Å². The largest absolute Gasteiger partial charge is 0.509 e. The van der Waals surface area contributed by atoms with E-state index in [0.29, 0.717) is 0 Å². The van der Waals surface area contributed by atoms with Crippen LogP contribution >= 0.6 is 0 Å². The van der Waals surface area contributed by atoms with Crippen LogP contribution in [0.3, 0.4) is 0 Å². The minimum Gasteiger partial charge on any atom is -0.427 e. The van der Waals surface area contributed by atoms with Gasteiger partial charge >= 0.3 is 6.16 Å². The van der Waals surface area contributed by atoms with Crippen molar-refractivity contribution in [2.24, 2.45) is 0 Å². The lowest BCUT2D eigenvalue weighted by Gasteiger charge is -2.00. The molecule has 0 amide bonds. The molecule has 1 saturated heterocycles. The summed E-state index contributed by atoms with van der Waals surface area (Å²) in [7, 11) is 0. The summed E-state index contributed by atoms with van der Waals surface area (Å²) >= 11 is 0. The van der Waals surface area contributed by atoms with Gasteiger partial charge in [0.1, 0.15) is 12.2 Å². The molecule has 1 aliphatic heterocycles. The molecule has 1 heterocycles. The fourth-order valence-corrected chi connectivity index (χ4v) is 1.44. The topological polar surface area (TPSA) is 35.5 Å². The van der Waals surface area contributed by atoms with E-state index in [9.17, 15) is 4.79 Å². The summed E-state index contributed by atoms with van der Waals surface area (Å²) in [6.45, 7) is 0. The van der Waals surface area contributed by atoms with Crippen LogP contribution < -0.4 is 0 Å². The van der Waals surface area contributed by atoms with Gasteiger partial charge in [-0.15, -0.1) is 0 Å². The lowest BCUT2D eigenvalue weighted by molar-refractivity contribution is 0.110. The van der Waals surface area contributed by atoms with Gasteiger partial charge in [-0.25, -0.2) is 4.79 Å². The predicted molar refractivity (Wildman–Crippen MR) is 29.0 cm³/mol. The normalized spacial score (nSPS) is 39.8. The zero-order valence-electron chi connectivity index (χ0n) is 5.00. The van der Waals surface area contributed by atoms with Crippen molar-refractivity contribution >= 4 is 6.16 Å². The molecule has 2 rings (SSSR count). The third-order valence-corrected chi connectivity index (χ3v) is 1.89. The van der Waals surface area contributed by atoms with Gasteiger partial charge in [-0.05, 0) is 19.3 Å². The maximum Gasteiger partial charge on any atom is 0.509 e. The van der Waals surface area contributed by atoms with Crippen molar-refractivity contribution in [3.63, 3.8) is 0 Å². The van der Waals surface area contributed by atoms with Crippen molar-refractivity contribution in [3.8, 4) is 0 Å². The number of carbonyl (C=O) groups excluding carboxylic acids is 1. The maximum absolute atomic E-state index is 10.4. The third kappa shape index (κ3) is 0.677. The van der Waals surface area contributed by atoms with Crippen molar-refractivity contribution in [1.82, 2.24) is 0 Å². The second-order valence-corrected chi connectivity index (χ2v) is 2.49. The molecule has 0 aromatic rings. The average molecular weight is 128 g/mol. The third-order valence-electron chi connectivity index (χ3n) is 1.89. The summed E-state index contributed by atoms with van der Waals surface area (Å²) in [4.78, 5) is 10.4. The van der Waals surface area contributed by atoms with Crippen molar-refractivity contribution in [2.45, 2.75) is 31.5 Å². The Morgan fingerprint density at radius 2 is 1.78 bits per heavy atom. The van der Waals surface area contributed by atoms with Crippen molar-refractivity contribution in [1.29, 1.82) is 0 Å². The van der Waals surface area contributed by atoms with E-state index in [1.54, 1.807) is 0 Å². The second-order valence-electron chi connectivity index (χ2n) is 2.49. The zero-order valence-corrected chi connectivity index (χ0v) is 5.00. The standard InChI is InChI=1S/C6H8O3/c7-6-8-4-2-1-3-5(4)9-6/h4-5H,1-3H2. The number of fused-ring (bicyclic) bond motifs is 1. The maximum atomic E-state index is 10.4. The Morgan fingerprint density at radius 3 is 2.33 bits per heavy atom. The molecule has 0 aromatic carbocycles. The first-order valence-electron chi connectivity index (χ1n) is 3.23. The molecule has 50 valence electrons. The number of carbonyl (C=O) groups is 1. The van der Waals surface area contributed by atoms with Crippen molar-refractivity contribution in [3.05, 3.63) is 0 Å². The first kappa shape index (κ1) is 5.09. The van der Waals surface area contributed by atoms with Gasteiger partial charge in [-0.2, -0.15) is 0 Å². The van der Waals surface area contributed by atoms with Crippen LogP contribution in [0.5, 0.6) is 0 Å². The monoisotopic (exact) mass is 128 g/mol. The Bertz CT molecular complexity index is 129. The quantitative estimate of drug-likeness (QED) is 0.458. The number of hydrogen-bond donors (Lipinski definition) is 0. The molecular formula is C6H8O3. The predicted octanol–water partition coefficient (Wildman–Crippen LogP) is 1.07. The van der Waals surface area contributed by atoms with E-state index in [1.165, 1.54) is 0 Å². The summed E-state index contributed by atoms with van der Waals surface area (Å²) in [5, 5.41) is 0. The molecule has 3 heteroatoms. The van der Waals surface area contributed by atoms with Crippen LogP contribution in [0.4, 0.5) is 4.79 Å². The molecule has 2 fully saturated rings. The molecule has 2 atom stereocenters. The number of rotatable bonds is 0. The molecule has 0 N–H and O–H groups in total. The minimum absolute atomic E-state index is 0.0810. The molecule has 2 aliphatic rings. The van der Waals surface area contributed by atoms with Crippen LogP contribution in [-0.2, 0) is 9.47 Å².